The van der Waals surface area contributed by atoms with Crippen LogP contribution in [0.25, 0.3) is 0 Å². The van der Waals surface area contributed by atoms with E-state index in [-0.39, 0.29) is 18.8 Å². The maximum absolute atomic E-state index is 12.8. The molecule has 33 heavy (non-hydrogen) atoms. The molecule has 0 aromatic heterocycles. The van der Waals surface area contributed by atoms with Crippen LogP contribution in [-0.2, 0) is 28.8 Å². The van der Waals surface area contributed by atoms with Crippen LogP contribution < -0.4 is 27.4 Å². The monoisotopic (exact) mass is 491 g/mol. The fourth-order valence-electron chi connectivity index (χ4n) is 2.56. The normalized spacial score (nSPS) is 14.5. The van der Waals surface area contributed by atoms with Crippen molar-refractivity contribution in [3.63, 3.8) is 0 Å². The third-order valence-corrected chi connectivity index (χ3v) is 5.21. The topological polar surface area (TPSA) is 231 Å². The highest BCUT2D eigenvalue weighted by atomic mass is 32.2. The van der Waals surface area contributed by atoms with Crippen molar-refractivity contribution in [2.75, 3.05) is 12.0 Å². The number of carbonyl (C=O) groups is 6. The van der Waals surface area contributed by atoms with Crippen LogP contribution in [0.5, 0.6) is 0 Å². The minimum atomic E-state index is -1.66. The average molecular weight is 492 g/mol. The number of aliphatic carboxylic acids is 2. The van der Waals surface area contributed by atoms with E-state index in [4.69, 9.17) is 21.7 Å². The molecule has 14 heteroatoms. The Bertz CT molecular complexity index is 733. The summed E-state index contributed by atoms with van der Waals surface area (Å²) in [5, 5.41) is 25.1. The van der Waals surface area contributed by atoms with E-state index in [0.717, 1.165) is 0 Å². The predicted molar refractivity (Wildman–Crippen MR) is 120 cm³/mol. The summed E-state index contributed by atoms with van der Waals surface area (Å²) in [6.45, 7) is 3.47. The van der Waals surface area contributed by atoms with Crippen molar-refractivity contribution in [2.24, 2.45) is 17.4 Å². The predicted octanol–water partition coefficient (Wildman–Crippen LogP) is -2.00. The number of thioether (sulfide) groups is 1. The van der Waals surface area contributed by atoms with Crippen molar-refractivity contribution in [3.8, 4) is 0 Å². The first-order chi connectivity index (χ1) is 15.3. The van der Waals surface area contributed by atoms with E-state index in [1.807, 2.05) is 0 Å². The molecule has 0 saturated carbocycles. The highest BCUT2D eigenvalue weighted by Gasteiger charge is 2.31. The number of hydrogen-bond donors (Lipinski definition) is 7. The molecule has 0 rings (SSSR count). The van der Waals surface area contributed by atoms with E-state index in [2.05, 4.69) is 16.0 Å². The molecule has 4 unspecified atom stereocenters. The molecule has 4 amide bonds. The molecule has 0 aromatic rings. The molecular formula is C19H33N5O8S. The summed E-state index contributed by atoms with van der Waals surface area (Å²) in [7, 11) is 0. The van der Waals surface area contributed by atoms with E-state index in [1.165, 1.54) is 11.8 Å². The van der Waals surface area contributed by atoms with Crippen molar-refractivity contribution < 1.29 is 39.0 Å². The van der Waals surface area contributed by atoms with Crippen LogP contribution in [0, 0.1) is 5.92 Å². The summed E-state index contributed by atoms with van der Waals surface area (Å²) in [5.74, 6) is -5.79. The van der Waals surface area contributed by atoms with Gasteiger partial charge in [-0.1, -0.05) is 13.8 Å². The molecule has 4 atom stereocenters. The van der Waals surface area contributed by atoms with E-state index >= 15 is 0 Å². The summed E-state index contributed by atoms with van der Waals surface area (Å²) in [5.41, 5.74) is 10.8. The van der Waals surface area contributed by atoms with Gasteiger partial charge in [-0.05, 0) is 30.8 Å². The van der Waals surface area contributed by atoms with Gasteiger partial charge in [0.05, 0.1) is 12.5 Å². The summed E-state index contributed by atoms with van der Waals surface area (Å²) in [6, 6.07) is -5.02. The van der Waals surface area contributed by atoms with Gasteiger partial charge in [0, 0.05) is 6.42 Å². The van der Waals surface area contributed by atoms with Gasteiger partial charge in [0.25, 0.3) is 0 Å². The summed E-state index contributed by atoms with van der Waals surface area (Å²) in [6.07, 6.45) is 0.442. The molecule has 0 aliphatic rings. The first-order valence-corrected chi connectivity index (χ1v) is 11.6. The minimum absolute atomic E-state index is 0.193. The third-order valence-electron chi connectivity index (χ3n) is 4.56. The van der Waals surface area contributed by atoms with Crippen molar-refractivity contribution >= 4 is 47.3 Å². The maximum atomic E-state index is 12.8. The number of amides is 4. The number of rotatable bonds is 16. The molecule has 0 bridgehead atoms. The molecule has 0 saturated heterocycles. The van der Waals surface area contributed by atoms with Gasteiger partial charge in [-0.15, -0.1) is 0 Å². The lowest BCUT2D eigenvalue weighted by Gasteiger charge is -2.25. The summed E-state index contributed by atoms with van der Waals surface area (Å²) >= 11 is 1.42. The van der Waals surface area contributed by atoms with Crippen LogP contribution in [0.1, 0.15) is 39.5 Å². The molecule has 13 nitrogen and oxygen atoms in total. The molecule has 0 fully saturated rings. The minimum Gasteiger partial charge on any atom is -0.481 e. The van der Waals surface area contributed by atoms with Gasteiger partial charge >= 0.3 is 11.9 Å². The molecule has 188 valence electrons. The largest absolute Gasteiger partial charge is 0.481 e. The van der Waals surface area contributed by atoms with Crippen LogP contribution in [0.15, 0.2) is 0 Å². The first-order valence-electron chi connectivity index (χ1n) is 10.2. The second-order valence-electron chi connectivity index (χ2n) is 7.68. The SMILES string of the molecule is CSCCC(NC(=O)C(N)C(C)C)C(=O)NC(CCC(=O)O)C(=O)NC(CC(N)=O)C(=O)O. The lowest BCUT2D eigenvalue weighted by Crippen LogP contribution is -2.57. The first kappa shape index (κ1) is 30.1. The van der Waals surface area contributed by atoms with Crippen LogP contribution in [0.2, 0.25) is 0 Å². The third kappa shape index (κ3) is 12.1. The van der Waals surface area contributed by atoms with Gasteiger partial charge in [-0.3, -0.25) is 24.0 Å². The van der Waals surface area contributed by atoms with E-state index in [1.54, 1.807) is 20.1 Å². The van der Waals surface area contributed by atoms with Crippen LogP contribution in [0.4, 0.5) is 0 Å². The lowest BCUT2D eigenvalue weighted by atomic mass is 10.0. The molecule has 9 N–H and O–H groups in total. The Labute approximate surface area is 195 Å². The summed E-state index contributed by atoms with van der Waals surface area (Å²) in [4.78, 5) is 71.1. The quantitative estimate of drug-likeness (QED) is 0.125. The number of nitrogens with two attached hydrogens (primary N) is 2. The standard InChI is InChI=1S/C19H33N5O8S/c1-9(2)15(21)18(30)23-11(6-7-33-3)17(29)22-10(4-5-14(26)27)16(28)24-12(19(31)32)8-13(20)25/h9-12,15H,4-8,21H2,1-3H3,(H2,20,25)(H,22,29)(H,23,30)(H,24,28)(H,26,27)(H,31,32). The highest BCUT2D eigenvalue weighted by molar-refractivity contribution is 7.98. The molecule has 0 aromatic carbocycles. The average Bonchev–Trinajstić information content (AvgIpc) is 2.71. The Kier molecular flexibility index (Phi) is 13.7. The Hall–Kier alpha value is -2.87. The fraction of sp³-hybridized carbons (Fsp3) is 0.684. The van der Waals surface area contributed by atoms with Crippen molar-refractivity contribution in [3.05, 3.63) is 0 Å². The second-order valence-corrected chi connectivity index (χ2v) is 8.66. The number of primary amides is 1. The number of carboxylic acids is 2. The Morgan fingerprint density at radius 3 is 1.76 bits per heavy atom. The highest BCUT2D eigenvalue weighted by Crippen LogP contribution is 2.07. The molecule has 0 radical (unpaired) electrons. The number of carbonyl (C=O) groups excluding carboxylic acids is 4. The molecule has 0 aliphatic heterocycles. The zero-order valence-corrected chi connectivity index (χ0v) is 19.6. The Morgan fingerprint density at radius 2 is 1.33 bits per heavy atom. The zero-order valence-electron chi connectivity index (χ0n) is 18.8. The van der Waals surface area contributed by atoms with Crippen molar-refractivity contribution in [2.45, 2.75) is 63.7 Å². The van der Waals surface area contributed by atoms with E-state index in [0.29, 0.717) is 5.75 Å². The number of hydrogen-bond acceptors (Lipinski definition) is 8. The maximum Gasteiger partial charge on any atom is 0.326 e. The van der Waals surface area contributed by atoms with Gasteiger partial charge in [0.2, 0.25) is 23.6 Å². The molecule has 0 spiro atoms. The Morgan fingerprint density at radius 1 is 0.848 bits per heavy atom. The van der Waals surface area contributed by atoms with Crippen LogP contribution >= 0.6 is 11.8 Å². The smallest absolute Gasteiger partial charge is 0.326 e. The van der Waals surface area contributed by atoms with Gasteiger partial charge in [-0.25, -0.2) is 4.79 Å². The van der Waals surface area contributed by atoms with Gasteiger partial charge < -0.3 is 37.6 Å². The van der Waals surface area contributed by atoms with Crippen molar-refractivity contribution in [1.29, 1.82) is 0 Å². The van der Waals surface area contributed by atoms with Gasteiger partial charge in [-0.2, -0.15) is 11.8 Å². The van der Waals surface area contributed by atoms with Crippen molar-refractivity contribution in [1.82, 2.24) is 16.0 Å². The van der Waals surface area contributed by atoms with Gasteiger partial charge in [0.15, 0.2) is 0 Å². The zero-order chi connectivity index (χ0) is 25.7. The van der Waals surface area contributed by atoms with Crippen LogP contribution in [0.3, 0.4) is 0 Å². The lowest BCUT2D eigenvalue weighted by molar-refractivity contribution is -0.144. The van der Waals surface area contributed by atoms with E-state index in [9.17, 15) is 28.8 Å². The number of nitrogens with one attached hydrogen (secondary N) is 3. The fourth-order valence-corrected chi connectivity index (χ4v) is 3.03. The second kappa shape index (κ2) is 15.1. The Balaban J connectivity index is 5.56. The summed E-state index contributed by atoms with van der Waals surface area (Å²) < 4.78 is 0. The molecule has 0 heterocycles. The van der Waals surface area contributed by atoms with Crippen LogP contribution in [-0.4, -0.2) is 82.0 Å². The molecular weight excluding hydrogens is 458 g/mol. The molecule has 0 aliphatic carbocycles. The van der Waals surface area contributed by atoms with E-state index < -0.39 is 72.6 Å². The van der Waals surface area contributed by atoms with Gasteiger partial charge in [0.1, 0.15) is 18.1 Å². The number of carboxylic acid groups (broad SMARTS) is 2.